The number of aliphatic hydroxyl groups excluding tert-OH is 1. The molecular formula is C24H19N3O2. The van der Waals surface area contributed by atoms with Crippen LogP contribution in [0.25, 0.3) is 43.6 Å². The molecule has 5 nitrogen and oxygen atoms in total. The molecule has 0 aliphatic carbocycles. The van der Waals surface area contributed by atoms with E-state index in [-0.39, 0.29) is 12.5 Å². The SMILES string of the molecule is O=C(NCCCO)c1ccc2nc3c4ccccc4c4ccccc4c3nc2c1. The molecule has 5 aromatic rings. The van der Waals surface area contributed by atoms with Gasteiger partial charge in [0.1, 0.15) is 0 Å². The lowest BCUT2D eigenvalue weighted by atomic mass is 9.99. The smallest absolute Gasteiger partial charge is 0.251 e. The van der Waals surface area contributed by atoms with E-state index in [1.165, 1.54) is 0 Å². The van der Waals surface area contributed by atoms with Crippen molar-refractivity contribution in [1.29, 1.82) is 0 Å². The first-order valence-electron chi connectivity index (χ1n) is 9.66. The second-order valence-corrected chi connectivity index (χ2v) is 7.05. The Labute approximate surface area is 167 Å². The first-order valence-corrected chi connectivity index (χ1v) is 9.66. The van der Waals surface area contributed by atoms with Gasteiger partial charge in [0, 0.05) is 29.5 Å². The van der Waals surface area contributed by atoms with Crippen molar-refractivity contribution in [1.82, 2.24) is 15.3 Å². The van der Waals surface area contributed by atoms with Crippen LogP contribution in [-0.4, -0.2) is 34.1 Å². The highest BCUT2D eigenvalue weighted by Gasteiger charge is 2.13. The summed E-state index contributed by atoms with van der Waals surface area (Å²) in [4.78, 5) is 22.2. The van der Waals surface area contributed by atoms with Crippen molar-refractivity contribution in [2.45, 2.75) is 6.42 Å². The first kappa shape index (κ1) is 17.5. The third-order valence-corrected chi connectivity index (χ3v) is 5.20. The topological polar surface area (TPSA) is 75.1 Å². The zero-order chi connectivity index (χ0) is 19.8. The van der Waals surface area contributed by atoms with E-state index in [0.29, 0.717) is 24.0 Å². The van der Waals surface area contributed by atoms with Crippen molar-refractivity contribution < 1.29 is 9.90 Å². The van der Waals surface area contributed by atoms with Crippen molar-refractivity contribution in [2.24, 2.45) is 0 Å². The van der Waals surface area contributed by atoms with E-state index in [0.717, 1.165) is 38.1 Å². The van der Waals surface area contributed by atoms with E-state index in [4.69, 9.17) is 15.1 Å². The summed E-state index contributed by atoms with van der Waals surface area (Å²) < 4.78 is 0. The number of aliphatic hydroxyl groups is 1. The van der Waals surface area contributed by atoms with Gasteiger partial charge in [-0.15, -0.1) is 0 Å². The van der Waals surface area contributed by atoms with E-state index in [1.807, 2.05) is 30.3 Å². The van der Waals surface area contributed by atoms with Crippen LogP contribution in [0.15, 0.2) is 66.7 Å². The summed E-state index contributed by atoms with van der Waals surface area (Å²) in [6, 6.07) is 21.8. The third kappa shape index (κ3) is 2.96. The van der Waals surface area contributed by atoms with Gasteiger partial charge in [-0.25, -0.2) is 9.97 Å². The predicted molar refractivity (Wildman–Crippen MR) is 116 cm³/mol. The van der Waals surface area contributed by atoms with Crippen LogP contribution in [0.4, 0.5) is 0 Å². The summed E-state index contributed by atoms with van der Waals surface area (Å²) >= 11 is 0. The van der Waals surface area contributed by atoms with E-state index < -0.39 is 0 Å². The van der Waals surface area contributed by atoms with Gasteiger partial charge >= 0.3 is 0 Å². The molecule has 1 aromatic heterocycles. The molecule has 0 saturated heterocycles. The van der Waals surface area contributed by atoms with Gasteiger partial charge in [0.15, 0.2) is 0 Å². The van der Waals surface area contributed by atoms with Crippen LogP contribution in [0.3, 0.4) is 0 Å². The highest BCUT2D eigenvalue weighted by molar-refractivity contribution is 6.23. The van der Waals surface area contributed by atoms with Gasteiger partial charge < -0.3 is 10.4 Å². The minimum atomic E-state index is -0.175. The molecule has 1 heterocycles. The Morgan fingerprint density at radius 2 is 1.38 bits per heavy atom. The summed E-state index contributed by atoms with van der Waals surface area (Å²) in [6.45, 7) is 0.490. The lowest BCUT2D eigenvalue weighted by Crippen LogP contribution is -2.24. The van der Waals surface area contributed by atoms with E-state index in [1.54, 1.807) is 12.1 Å². The minimum Gasteiger partial charge on any atom is -0.396 e. The summed E-state index contributed by atoms with van der Waals surface area (Å²) in [5.41, 5.74) is 3.68. The Morgan fingerprint density at radius 3 is 2.00 bits per heavy atom. The van der Waals surface area contributed by atoms with Crippen LogP contribution in [0.5, 0.6) is 0 Å². The monoisotopic (exact) mass is 381 g/mol. The normalized spacial score (nSPS) is 11.5. The second-order valence-electron chi connectivity index (χ2n) is 7.05. The number of nitrogens with zero attached hydrogens (tertiary/aromatic N) is 2. The zero-order valence-corrected chi connectivity index (χ0v) is 15.7. The van der Waals surface area contributed by atoms with Gasteiger partial charge in [0.25, 0.3) is 5.91 Å². The first-order chi connectivity index (χ1) is 14.3. The number of hydrogen-bond donors (Lipinski definition) is 2. The highest BCUT2D eigenvalue weighted by atomic mass is 16.3. The molecule has 5 heteroatoms. The zero-order valence-electron chi connectivity index (χ0n) is 15.7. The number of carbonyl (C=O) groups excluding carboxylic acids is 1. The van der Waals surface area contributed by atoms with Gasteiger partial charge in [-0.05, 0) is 35.4 Å². The molecular weight excluding hydrogens is 362 g/mol. The summed E-state index contributed by atoms with van der Waals surface area (Å²) in [5, 5.41) is 16.1. The number of fused-ring (bicyclic) bond motifs is 7. The largest absolute Gasteiger partial charge is 0.396 e. The maximum Gasteiger partial charge on any atom is 0.251 e. The van der Waals surface area contributed by atoms with Crippen molar-refractivity contribution in [3.05, 3.63) is 72.3 Å². The third-order valence-electron chi connectivity index (χ3n) is 5.20. The molecule has 0 aliphatic heterocycles. The summed E-state index contributed by atoms with van der Waals surface area (Å²) in [6.07, 6.45) is 0.531. The number of aromatic nitrogens is 2. The van der Waals surface area contributed by atoms with Crippen LogP contribution in [0.2, 0.25) is 0 Å². The molecule has 5 rings (SSSR count). The van der Waals surface area contributed by atoms with E-state index in [9.17, 15) is 4.79 Å². The Balaban J connectivity index is 1.75. The average molecular weight is 381 g/mol. The summed E-state index contributed by atoms with van der Waals surface area (Å²) in [7, 11) is 0. The molecule has 0 fully saturated rings. The molecule has 1 amide bonds. The maximum absolute atomic E-state index is 12.4. The highest BCUT2D eigenvalue weighted by Crippen LogP contribution is 2.33. The Kier molecular flexibility index (Phi) is 4.30. The molecule has 2 N–H and O–H groups in total. The Morgan fingerprint density at radius 1 is 0.793 bits per heavy atom. The van der Waals surface area contributed by atoms with Crippen LogP contribution < -0.4 is 5.32 Å². The van der Waals surface area contributed by atoms with Crippen LogP contribution >= 0.6 is 0 Å². The van der Waals surface area contributed by atoms with Crippen LogP contribution in [-0.2, 0) is 0 Å². The molecule has 0 aliphatic rings. The average Bonchev–Trinajstić information content (AvgIpc) is 2.78. The Bertz CT molecular complexity index is 1400. The number of amides is 1. The molecule has 29 heavy (non-hydrogen) atoms. The van der Waals surface area contributed by atoms with Gasteiger partial charge in [-0.3, -0.25) is 4.79 Å². The Hall–Kier alpha value is -3.57. The lowest BCUT2D eigenvalue weighted by molar-refractivity contribution is 0.0951. The van der Waals surface area contributed by atoms with E-state index >= 15 is 0 Å². The van der Waals surface area contributed by atoms with Crippen LogP contribution in [0.1, 0.15) is 16.8 Å². The fraction of sp³-hybridized carbons (Fsp3) is 0.125. The van der Waals surface area contributed by atoms with Crippen LogP contribution in [0, 0.1) is 0 Å². The lowest BCUT2D eigenvalue weighted by Gasteiger charge is -2.10. The van der Waals surface area contributed by atoms with Gasteiger partial charge in [0.05, 0.1) is 22.1 Å². The number of hydrogen-bond acceptors (Lipinski definition) is 4. The molecule has 0 spiro atoms. The van der Waals surface area contributed by atoms with Crippen molar-refractivity contribution in [3.8, 4) is 0 Å². The van der Waals surface area contributed by atoms with E-state index in [2.05, 4.69) is 29.6 Å². The number of rotatable bonds is 4. The number of carbonyl (C=O) groups is 1. The number of benzene rings is 4. The molecule has 0 saturated carbocycles. The van der Waals surface area contributed by atoms with Crippen molar-refractivity contribution >= 4 is 49.5 Å². The molecule has 0 radical (unpaired) electrons. The molecule has 4 aromatic carbocycles. The quantitative estimate of drug-likeness (QED) is 0.278. The molecule has 142 valence electrons. The van der Waals surface area contributed by atoms with Crippen molar-refractivity contribution in [2.75, 3.05) is 13.2 Å². The fourth-order valence-corrected chi connectivity index (χ4v) is 3.80. The molecule has 0 unspecified atom stereocenters. The molecule has 0 atom stereocenters. The van der Waals surface area contributed by atoms with Gasteiger partial charge in [0.2, 0.25) is 0 Å². The standard InChI is InChI=1S/C24H19N3O2/c28-13-5-12-25-24(29)15-10-11-20-21(14-15)27-23-19-9-4-2-7-17(19)16-6-1-3-8-18(16)22(23)26-20/h1-4,6-11,14,28H,5,12-13H2,(H,25,29). The fourth-order valence-electron chi connectivity index (χ4n) is 3.80. The maximum atomic E-state index is 12.4. The number of nitrogens with one attached hydrogen (secondary N) is 1. The second kappa shape index (κ2) is 7.11. The molecule has 0 bridgehead atoms. The van der Waals surface area contributed by atoms with Crippen molar-refractivity contribution in [3.63, 3.8) is 0 Å². The predicted octanol–water partition coefficient (Wildman–Crippen LogP) is 4.20. The van der Waals surface area contributed by atoms with Gasteiger partial charge in [-0.2, -0.15) is 0 Å². The minimum absolute atomic E-state index is 0.0521. The van der Waals surface area contributed by atoms with Gasteiger partial charge in [-0.1, -0.05) is 48.5 Å². The summed E-state index contributed by atoms with van der Waals surface area (Å²) in [5.74, 6) is -0.175.